The summed E-state index contributed by atoms with van der Waals surface area (Å²) in [5, 5.41) is 33.1. The zero-order chi connectivity index (χ0) is 22.4. The highest BCUT2D eigenvalue weighted by atomic mass is 16.5. The van der Waals surface area contributed by atoms with Crippen LogP contribution in [0, 0.1) is 46.3 Å². The number of rotatable bonds is 6. The van der Waals surface area contributed by atoms with Gasteiger partial charge in [-0.05, 0) is 98.2 Å². The van der Waals surface area contributed by atoms with Crippen LogP contribution in [0.15, 0.2) is 0 Å². The summed E-state index contributed by atoms with van der Waals surface area (Å²) in [7, 11) is 0. The van der Waals surface area contributed by atoms with E-state index in [1.54, 1.807) is 0 Å². The SMILES string of the molecule is CCOC(=O)CC[C@@H](CO)[C@H]1CC[C@H]2[C@@H]3[C@H](O)C[C@@H]4CCCC[C@]4(C)[C@H]3C[C@H](O)[C@]12C. The molecule has 10 atom stereocenters. The van der Waals surface area contributed by atoms with Gasteiger partial charge in [-0.25, -0.2) is 0 Å². The minimum atomic E-state index is -0.410. The Hall–Kier alpha value is -0.650. The Morgan fingerprint density at radius 2 is 1.87 bits per heavy atom. The van der Waals surface area contributed by atoms with Crippen LogP contribution in [0.25, 0.3) is 0 Å². The number of aliphatic hydroxyl groups is 3. The lowest BCUT2D eigenvalue weighted by molar-refractivity contribution is -0.202. The van der Waals surface area contributed by atoms with Gasteiger partial charge in [-0.2, -0.15) is 0 Å². The van der Waals surface area contributed by atoms with Crippen LogP contribution in [-0.2, 0) is 9.53 Å². The number of fused-ring (bicyclic) bond motifs is 5. The molecule has 4 fully saturated rings. The third-order valence-electron chi connectivity index (χ3n) is 10.6. The Balaban J connectivity index is 1.57. The molecule has 0 heterocycles. The second-order valence-corrected chi connectivity index (χ2v) is 11.6. The molecule has 178 valence electrons. The number of hydrogen-bond donors (Lipinski definition) is 3. The van der Waals surface area contributed by atoms with Gasteiger partial charge in [0.2, 0.25) is 0 Å². The smallest absolute Gasteiger partial charge is 0.305 e. The Labute approximate surface area is 187 Å². The van der Waals surface area contributed by atoms with E-state index >= 15 is 0 Å². The van der Waals surface area contributed by atoms with Crippen LogP contribution in [0.2, 0.25) is 0 Å². The van der Waals surface area contributed by atoms with Gasteiger partial charge < -0.3 is 20.1 Å². The highest BCUT2D eigenvalue weighted by molar-refractivity contribution is 5.69. The molecule has 0 aliphatic heterocycles. The van der Waals surface area contributed by atoms with Gasteiger partial charge in [-0.15, -0.1) is 0 Å². The zero-order valence-corrected chi connectivity index (χ0v) is 19.8. The van der Waals surface area contributed by atoms with Crippen molar-refractivity contribution in [3.05, 3.63) is 0 Å². The van der Waals surface area contributed by atoms with Gasteiger partial charge >= 0.3 is 5.97 Å². The van der Waals surface area contributed by atoms with Crippen molar-refractivity contribution < 1.29 is 24.9 Å². The summed E-state index contributed by atoms with van der Waals surface area (Å²) >= 11 is 0. The summed E-state index contributed by atoms with van der Waals surface area (Å²) in [4.78, 5) is 11.9. The number of aliphatic hydroxyl groups excluding tert-OH is 3. The van der Waals surface area contributed by atoms with E-state index < -0.39 is 6.10 Å². The van der Waals surface area contributed by atoms with Crippen molar-refractivity contribution in [1.29, 1.82) is 0 Å². The molecule has 0 spiro atoms. The van der Waals surface area contributed by atoms with E-state index in [1.807, 2.05) is 6.92 Å². The molecule has 0 bridgehead atoms. The molecule has 5 heteroatoms. The summed E-state index contributed by atoms with van der Waals surface area (Å²) in [6, 6.07) is 0. The van der Waals surface area contributed by atoms with Crippen LogP contribution < -0.4 is 0 Å². The first-order valence-electron chi connectivity index (χ1n) is 12.9. The van der Waals surface area contributed by atoms with Crippen molar-refractivity contribution in [2.24, 2.45) is 46.3 Å². The summed E-state index contributed by atoms with van der Waals surface area (Å²) in [5.41, 5.74) is -0.0646. The Morgan fingerprint density at radius 3 is 2.58 bits per heavy atom. The van der Waals surface area contributed by atoms with Crippen LogP contribution in [0.4, 0.5) is 0 Å². The predicted octanol–water partition coefficient (Wildman–Crippen LogP) is 3.93. The van der Waals surface area contributed by atoms with Crippen LogP contribution in [0.1, 0.15) is 85.0 Å². The molecule has 4 rings (SSSR count). The maximum absolute atomic E-state index is 11.9. The third kappa shape index (κ3) is 3.77. The Morgan fingerprint density at radius 1 is 1.10 bits per heavy atom. The van der Waals surface area contributed by atoms with E-state index in [1.165, 1.54) is 25.7 Å². The number of ether oxygens (including phenoxy) is 1. The highest BCUT2D eigenvalue weighted by Gasteiger charge is 2.65. The molecule has 0 saturated heterocycles. The van der Waals surface area contributed by atoms with E-state index in [4.69, 9.17) is 4.74 Å². The zero-order valence-electron chi connectivity index (χ0n) is 19.8. The van der Waals surface area contributed by atoms with E-state index in [9.17, 15) is 20.1 Å². The minimum absolute atomic E-state index is 0.00986. The van der Waals surface area contributed by atoms with E-state index in [2.05, 4.69) is 13.8 Å². The van der Waals surface area contributed by atoms with Gasteiger partial charge in [0, 0.05) is 13.0 Å². The topological polar surface area (TPSA) is 87.0 Å². The standard InChI is InChI=1S/C26H44O5/c1-4-31-23(30)11-8-16(15-27)18-9-10-19-24-20(14-22(29)26(18,19)3)25(2)12-6-5-7-17(25)13-21(24)28/h16-22,24,27-29H,4-15H2,1-3H3/t16-,17-,18+,19-,20-,21+,22-,24-,25-,26+/m0/s1. The van der Waals surface area contributed by atoms with Gasteiger partial charge in [0.05, 0.1) is 18.8 Å². The van der Waals surface area contributed by atoms with Crippen LogP contribution in [-0.4, -0.2) is 46.7 Å². The second-order valence-electron chi connectivity index (χ2n) is 11.6. The largest absolute Gasteiger partial charge is 0.466 e. The fourth-order valence-corrected chi connectivity index (χ4v) is 8.99. The summed E-state index contributed by atoms with van der Waals surface area (Å²) < 4.78 is 5.10. The quantitative estimate of drug-likeness (QED) is 0.549. The van der Waals surface area contributed by atoms with Crippen molar-refractivity contribution in [2.45, 2.75) is 97.2 Å². The second kappa shape index (κ2) is 8.95. The number of carbonyl (C=O) groups is 1. The first kappa shape index (κ1) is 23.5. The van der Waals surface area contributed by atoms with E-state index in [0.29, 0.717) is 31.3 Å². The van der Waals surface area contributed by atoms with Gasteiger partial charge in [0.15, 0.2) is 0 Å². The average Bonchev–Trinajstić information content (AvgIpc) is 3.08. The number of esters is 1. The van der Waals surface area contributed by atoms with Gasteiger partial charge in [-0.1, -0.05) is 26.7 Å². The molecule has 31 heavy (non-hydrogen) atoms. The van der Waals surface area contributed by atoms with Crippen LogP contribution in [0.3, 0.4) is 0 Å². The van der Waals surface area contributed by atoms with Crippen LogP contribution in [0.5, 0.6) is 0 Å². The molecule has 0 aromatic rings. The normalized spacial score (nSPS) is 47.7. The lowest BCUT2D eigenvalue weighted by Crippen LogP contribution is -2.62. The van der Waals surface area contributed by atoms with Crippen LogP contribution >= 0.6 is 0 Å². The molecule has 0 unspecified atom stereocenters. The van der Waals surface area contributed by atoms with E-state index in [0.717, 1.165) is 25.7 Å². The predicted molar refractivity (Wildman–Crippen MR) is 119 cm³/mol. The number of carbonyl (C=O) groups excluding carboxylic acids is 1. The van der Waals surface area contributed by atoms with Crippen molar-refractivity contribution in [1.82, 2.24) is 0 Å². The van der Waals surface area contributed by atoms with Gasteiger partial charge in [0.1, 0.15) is 0 Å². The Bertz CT molecular complexity index is 652. The fourth-order valence-electron chi connectivity index (χ4n) is 8.99. The fraction of sp³-hybridized carbons (Fsp3) is 0.962. The molecule has 5 nitrogen and oxygen atoms in total. The molecule has 4 aliphatic rings. The molecule has 0 aromatic carbocycles. The van der Waals surface area contributed by atoms with Crippen molar-refractivity contribution in [3.8, 4) is 0 Å². The molecular formula is C26H44O5. The third-order valence-corrected chi connectivity index (χ3v) is 10.6. The average molecular weight is 437 g/mol. The minimum Gasteiger partial charge on any atom is -0.466 e. The molecule has 4 aliphatic carbocycles. The molecule has 0 amide bonds. The summed E-state index contributed by atoms with van der Waals surface area (Å²) in [5.74, 6) is 1.48. The summed E-state index contributed by atoms with van der Waals surface area (Å²) in [6.07, 6.45) is 8.88. The molecule has 0 radical (unpaired) electrons. The monoisotopic (exact) mass is 436 g/mol. The van der Waals surface area contributed by atoms with Crippen molar-refractivity contribution in [2.75, 3.05) is 13.2 Å². The first-order valence-corrected chi connectivity index (χ1v) is 12.9. The molecule has 4 saturated carbocycles. The lowest BCUT2D eigenvalue weighted by Gasteiger charge is -2.63. The highest BCUT2D eigenvalue weighted by Crippen LogP contribution is 2.68. The van der Waals surface area contributed by atoms with Crippen molar-refractivity contribution >= 4 is 5.97 Å². The van der Waals surface area contributed by atoms with Gasteiger partial charge in [0.25, 0.3) is 0 Å². The molecule has 3 N–H and O–H groups in total. The molecular weight excluding hydrogens is 392 g/mol. The molecule has 0 aromatic heterocycles. The van der Waals surface area contributed by atoms with Crippen molar-refractivity contribution in [3.63, 3.8) is 0 Å². The Kier molecular flexibility index (Phi) is 6.78. The number of hydrogen-bond acceptors (Lipinski definition) is 5. The first-order chi connectivity index (χ1) is 14.8. The summed E-state index contributed by atoms with van der Waals surface area (Å²) in [6.45, 7) is 6.88. The lowest BCUT2D eigenvalue weighted by atomic mass is 9.43. The maximum atomic E-state index is 11.9. The van der Waals surface area contributed by atoms with Gasteiger partial charge in [-0.3, -0.25) is 4.79 Å². The van der Waals surface area contributed by atoms with E-state index in [-0.39, 0.29) is 53.2 Å². The maximum Gasteiger partial charge on any atom is 0.305 e.